The molecule has 0 bridgehead atoms. The third-order valence-corrected chi connectivity index (χ3v) is 2.82. The Morgan fingerprint density at radius 2 is 1.52 bits per heavy atom. The smallest absolute Gasteiger partial charge is 0.381 e. The van der Waals surface area contributed by atoms with E-state index in [0.717, 1.165) is 0 Å². The van der Waals surface area contributed by atoms with E-state index in [-0.39, 0.29) is 0 Å². The van der Waals surface area contributed by atoms with Crippen LogP contribution in [0.1, 0.15) is 12.0 Å². The number of aliphatic hydroxyl groups excluding tert-OH is 1. The van der Waals surface area contributed by atoms with E-state index < -0.39 is 45.3 Å². The molecule has 0 saturated heterocycles. The van der Waals surface area contributed by atoms with Crippen molar-refractivity contribution in [1.29, 1.82) is 0 Å². The Morgan fingerprint density at radius 3 is 1.88 bits per heavy atom. The van der Waals surface area contributed by atoms with Crippen molar-refractivity contribution in [2.24, 2.45) is 0 Å². The quantitative estimate of drug-likeness (QED) is 0.538. The standard InChI is InChI=1S/C8H8.C4H6O11S2/c1-2-8-6-4-3-5-7-8;5-2(4(7)15-17(11,12)13)1-3(6)14-16(8,9)10/h2-7H,1H2;2,5H,1H2,(H,8,9,10)(H,11,12,13). The minimum atomic E-state index is -5.17. The van der Waals surface area contributed by atoms with E-state index in [4.69, 9.17) is 14.2 Å². The third-order valence-electron chi connectivity index (χ3n) is 2.05. The normalized spacial score (nSPS) is 12.1. The molecular formula is C12H14O11S2. The summed E-state index contributed by atoms with van der Waals surface area (Å²) in [6.07, 6.45) is -1.88. The fraction of sp³-hybridized carbons (Fsp3) is 0.167. The van der Waals surface area contributed by atoms with Crippen LogP contribution in [0, 0.1) is 0 Å². The average molecular weight is 398 g/mol. The van der Waals surface area contributed by atoms with Crippen molar-refractivity contribution in [2.75, 3.05) is 0 Å². The third kappa shape index (κ3) is 12.7. The lowest BCUT2D eigenvalue weighted by Gasteiger charge is -2.06. The second-order valence-electron chi connectivity index (χ2n) is 4.05. The molecule has 13 heteroatoms. The molecule has 0 spiro atoms. The molecule has 1 aromatic carbocycles. The summed E-state index contributed by atoms with van der Waals surface area (Å²) in [4.78, 5) is 21.2. The molecule has 0 radical (unpaired) electrons. The van der Waals surface area contributed by atoms with E-state index in [0.29, 0.717) is 0 Å². The molecule has 1 unspecified atom stereocenters. The van der Waals surface area contributed by atoms with Crippen LogP contribution >= 0.6 is 0 Å². The minimum Gasteiger partial charge on any atom is -0.381 e. The van der Waals surface area contributed by atoms with Crippen LogP contribution in [-0.4, -0.2) is 49.1 Å². The van der Waals surface area contributed by atoms with Gasteiger partial charge in [-0.1, -0.05) is 43.0 Å². The molecule has 0 amide bonds. The number of benzene rings is 1. The van der Waals surface area contributed by atoms with E-state index in [1.165, 1.54) is 5.56 Å². The molecule has 11 nitrogen and oxygen atoms in total. The molecule has 1 aromatic rings. The van der Waals surface area contributed by atoms with E-state index in [9.17, 15) is 26.4 Å². The van der Waals surface area contributed by atoms with Crippen molar-refractivity contribution in [3.63, 3.8) is 0 Å². The van der Waals surface area contributed by atoms with Crippen LogP contribution in [0.2, 0.25) is 0 Å². The van der Waals surface area contributed by atoms with Gasteiger partial charge in [-0.2, -0.15) is 16.8 Å². The van der Waals surface area contributed by atoms with Crippen LogP contribution in [-0.2, 0) is 38.8 Å². The molecule has 0 aliphatic rings. The number of hydrogen-bond acceptors (Lipinski definition) is 9. The highest BCUT2D eigenvalue weighted by atomic mass is 32.3. The monoisotopic (exact) mass is 398 g/mol. The second kappa shape index (κ2) is 9.85. The largest absolute Gasteiger partial charge is 0.449 e. The number of carbonyl (C=O) groups excluding carboxylic acids is 2. The van der Waals surface area contributed by atoms with Crippen LogP contribution in [0.5, 0.6) is 0 Å². The first-order valence-electron chi connectivity index (χ1n) is 6.10. The number of carbonyl (C=O) groups is 2. The SMILES string of the molecule is C=Cc1ccccc1.O=C(CC(O)C(=O)OS(=O)(=O)O)OS(=O)(=O)O. The first-order valence-corrected chi connectivity index (χ1v) is 8.83. The van der Waals surface area contributed by atoms with Gasteiger partial charge in [0.2, 0.25) is 0 Å². The predicted molar refractivity (Wildman–Crippen MR) is 82.4 cm³/mol. The maximum absolute atomic E-state index is 10.6. The summed E-state index contributed by atoms with van der Waals surface area (Å²) >= 11 is 0. The van der Waals surface area contributed by atoms with Crippen LogP contribution in [0.25, 0.3) is 6.08 Å². The topological polar surface area (TPSA) is 182 Å². The molecule has 0 heterocycles. The zero-order valence-electron chi connectivity index (χ0n) is 12.4. The molecule has 3 N–H and O–H groups in total. The molecule has 140 valence electrons. The minimum absolute atomic E-state index is 1.17. The van der Waals surface area contributed by atoms with E-state index >= 15 is 0 Å². The summed E-state index contributed by atoms with van der Waals surface area (Å²) in [5.74, 6) is -3.67. The summed E-state index contributed by atoms with van der Waals surface area (Å²) in [6.45, 7) is 3.63. The van der Waals surface area contributed by atoms with Crippen molar-refractivity contribution in [3.05, 3.63) is 42.5 Å². The van der Waals surface area contributed by atoms with Gasteiger partial charge in [0.05, 0.1) is 6.42 Å². The molecule has 0 aliphatic heterocycles. The lowest BCUT2D eigenvalue weighted by atomic mass is 10.2. The summed E-state index contributed by atoms with van der Waals surface area (Å²) in [6, 6.07) is 10.0. The highest BCUT2D eigenvalue weighted by molar-refractivity contribution is 7.81. The van der Waals surface area contributed by atoms with Gasteiger partial charge in [0, 0.05) is 0 Å². The fourth-order valence-corrected chi connectivity index (χ4v) is 1.76. The van der Waals surface area contributed by atoms with Crippen LogP contribution in [0.3, 0.4) is 0 Å². The van der Waals surface area contributed by atoms with Gasteiger partial charge in [-0.05, 0) is 5.56 Å². The number of aliphatic hydroxyl groups is 1. The molecule has 1 atom stereocenters. The van der Waals surface area contributed by atoms with Crippen molar-refractivity contribution in [2.45, 2.75) is 12.5 Å². The Morgan fingerprint density at radius 1 is 1.04 bits per heavy atom. The summed E-state index contributed by atoms with van der Waals surface area (Å²) in [5, 5.41) is 8.82. The maximum atomic E-state index is 10.6. The van der Waals surface area contributed by atoms with Gasteiger partial charge in [-0.15, -0.1) is 0 Å². The van der Waals surface area contributed by atoms with Crippen molar-refractivity contribution in [3.8, 4) is 0 Å². The Labute approximate surface area is 143 Å². The molecule has 0 aliphatic carbocycles. The summed E-state index contributed by atoms with van der Waals surface area (Å²) in [7, 11) is -10.3. The van der Waals surface area contributed by atoms with E-state index in [1.54, 1.807) is 0 Å². The molecule has 0 saturated carbocycles. The Bertz CT molecular complexity index is 797. The summed E-state index contributed by atoms with van der Waals surface area (Å²) < 4.78 is 62.6. The van der Waals surface area contributed by atoms with Gasteiger partial charge >= 0.3 is 32.7 Å². The van der Waals surface area contributed by atoms with Crippen molar-refractivity contribution >= 4 is 38.8 Å². The maximum Gasteiger partial charge on any atom is 0.449 e. The van der Waals surface area contributed by atoms with Gasteiger partial charge in [0.1, 0.15) is 0 Å². The van der Waals surface area contributed by atoms with Crippen molar-refractivity contribution < 1.29 is 49.0 Å². The Balaban J connectivity index is 0.000000593. The Hall–Kier alpha value is -2.32. The van der Waals surface area contributed by atoms with Gasteiger partial charge in [0.15, 0.2) is 6.10 Å². The Kier molecular flexibility index (Phi) is 8.94. The van der Waals surface area contributed by atoms with Gasteiger partial charge in [-0.25, -0.2) is 4.79 Å². The lowest BCUT2D eigenvalue weighted by Crippen LogP contribution is -2.29. The number of hydrogen-bond donors (Lipinski definition) is 3. The number of rotatable bonds is 6. The van der Waals surface area contributed by atoms with E-state index in [2.05, 4.69) is 14.9 Å². The second-order valence-corrected chi connectivity index (χ2v) is 6.09. The average Bonchev–Trinajstić information content (AvgIpc) is 2.45. The lowest BCUT2D eigenvalue weighted by molar-refractivity contribution is -0.150. The molecular weight excluding hydrogens is 384 g/mol. The van der Waals surface area contributed by atoms with Crippen LogP contribution in [0.4, 0.5) is 0 Å². The highest BCUT2D eigenvalue weighted by Crippen LogP contribution is 2.02. The molecule has 25 heavy (non-hydrogen) atoms. The van der Waals surface area contributed by atoms with Gasteiger partial charge in [0.25, 0.3) is 0 Å². The van der Waals surface area contributed by atoms with Crippen LogP contribution in [0.15, 0.2) is 36.9 Å². The summed E-state index contributed by atoms with van der Waals surface area (Å²) in [5.41, 5.74) is 1.17. The zero-order chi connectivity index (χ0) is 19.7. The molecule has 0 aromatic heterocycles. The molecule has 1 rings (SSSR count). The van der Waals surface area contributed by atoms with Gasteiger partial charge < -0.3 is 13.5 Å². The highest BCUT2D eigenvalue weighted by Gasteiger charge is 2.27. The predicted octanol–water partition coefficient (Wildman–Crippen LogP) is -0.241. The van der Waals surface area contributed by atoms with Crippen LogP contribution < -0.4 is 0 Å². The fourth-order valence-electron chi connectivity index (χ4n) is 1.14. The zero-order valence-corrected chi connectivity index (χ0v) is 14.0. The van der Waals surface area contributed by atoms with Crippen molar-refractivity contribution in [1.82, 2.24) is 0 Å². The van der Waals surface area contributed by atoms with Gasteiger partial charge in [-0.3, -0.25) is 13.9 Å². The molecule has 0 fully saturated rings. The first-order chi connectivity index (χ1) is 11.3. The van der Waals surface area contributed by atoms with E-state index in [1.807, 2.05) is 36.4 Å². The first kappa shape index (κ1) is 22.7.